The van der Waals surface area contributed by atoms with Gasteiger partial charge in [0, 0.05) is 19.6 Å². The van der Waals surface area contributed by atoms with Crippen LogP contribution in [0, 0.1) is 11.3 Å². The van der Waals surface area contributed by atoms with Crippen molar-refractivity contribution in [3.05, 3.63) is 0 Å². The van der Waals surface area contributed by atoms with Crippen LogP contribution in [0.2, 0.25) is 0 Å². The first-order valence-corrected chi connectivity index (χ1v) is 8.18. The number of hydrogen-bond donors (Lipinski definition) is 1. The van der Waals surface area contributed by atoms with Gasteiger partial charge in [0.05, 0.1) is 6.42 Å². The Morgan fingerprint density at radius 1 is 1.14 bits per heavy atom. The van der Waals surface area contributed by atoms with Gasteiger partial charge < -0.3 is 10.2 Å². The molecule has 0 saturated heterocycles. The molecule has 0 aliphatic heterocycles. The lowest BCUT2D eigenvalue weighted by Gasteiger charge is -2.40. The molecule has 0 bridgehead atoms. The van der Waals surface area contributed by atoms with Crippen LogP contribution in [0.1, 0.15) is 52.4 Å². The van der Waals surface area contributed by atoms with E-state index in [-0.39, 0.29) is 12.0 Å². The molecule has 2 nitrogen and oxygen atoms in total. The summed E-state index contributed by atoms with van der Waals surface area (Å²) in [5, 5.41) is 3.52. The number of hydrogen-bond acceptors (Lipinski definition) is 2. The second-order valence-corrected chi connectivity index (χ2v) is 7.19. The topological polar surface area (TPSA) is 15.3 Å². The van der Waals surface area contributed by atoms with E-state index in [4.69, 9.17) is 0 Å². The van der Waals surface area contributed by atoms with Crippen LogP contribution < -0.4 is 5.32 Å². The zero-order valence-corrected chi connectivity index (χ0v) is 13.7. The SMILES string of the molecule is CC(C)CNCC1(CN(C)CCC(F)(F)F)CCCCC1. The standard InChI is InChI=1S/C16H31F3N2/c1-14(2)11-20-12-15(7-5-4-6-8-15)13-21(3)10-9-16(17,18)19/h14,20H,4-13H2,1-3H3. The molecule has 21 heavy (non-hydrogen) atoms. The summed E-state index contributed by atoms with van der Waals surface area (Å²) < 4.78 is 37.0. The van der Waals surface area contributed by atoms with Crippen molar-refractivity contribution in [1.82, 2.24) is 10.2 Å². The number of nitrogens with zero attached hydrogens (tertiary/aromatic N) is 1. The summed E-state index contributed by atoms with van der Waals surface area (Å²) in [5.41, 5.74) is 0.160. The largest absolute Gasteiger partial charge is 0.390 e. The van der Waals surface area contributed by atoms with Gasteiger partial charge in [-0.1, -0.05) is 33.1 Å². The maximum absolute atomic E-state index is 12.3. The molecule has 1 saturated carbocycles. The summed E-state index contributed by atoms with van der Waals surface area (Å²) in [6, 6.07) is 0. The van der Waals surface area contributed by atoms with Crippen LogP contribution in [0.3, 0.4) is 0 Å². The third-order valence-electron chi connectivity index (χ3n) is 4.35. The first kappa shape index (κ1) is 18.8. The van der Waals surface area contributed by atoms with E-state index in [2.05, 4.69) is 19.2 Å². The van der Waals surface area contributed by atoms with Gasteiger partial charge in [0.15, 0.2) is 0 Å². The van der Waals surface area contributed by atoms with Gasteiger partial charge in [-0.3, -0.25) is 0 Å². The average molecular weight is 308 g/mol. The summed E-state index contributed by atoms with van der Waals surface area (Å²) in [6.07, 6.45) is 1.18. The third-order valence-corrected chi connectivity index (χ3v) is 4.35. The van der Waals surface area contributed by atoms with Crippen molar-refractivity contribution in [2.45, 2.75) is 58.5 Å². The highest BCUT2D eigenvalue weighted by molar-refractivity contribution is 4.87. The van der Waals surface area contributed by atoms with E-state index in [0.29, 0.717) is 5.92 Å². The quantitative estimate of drug-likeness (QED) is 0.727. The Bertz CT molecular complexity index is 284. The minimum atomic E-state index is -4.05. The monoisotopic (exact) mass is 308 g/mol. The molecule has 0 aromatic rings. The highest BCUT2D eigenvalue weighted by atomic mass is 19.4. The fourth-order valence-corrected chi connectivity index (χ4v) is 3.29. The lowest BCUT2D eigenvalue weighted by molar-refractivity contribution is -0.138. The molecule has 0 spiro atoms. The van der Waals surface area contributed by atoms with E-state index in [1.165, 1.54) is 19.3 Å². The van der Waals surface area contributed by atoms with Crippen molar-refractivity contribution in [2.24, 2.45) is 11.3 Å². The van der Waals surface area contributed by atoms with Gasteiger partial charge in [-0.05, 0) is 37.8 Å². The molecule has 1 aliphatic rings. The summed E-state index contributed by atoms with van der Waals surface area (Å²) in [6.45, 7) is 7.14. The molecule has 0 unspecified atom stereocenters. The van der Waals surface area contributed by atoms with Gasteiger partial charge in [0.2, 0.25) is 0 Å². The first-order chi connectivity index (χ1) is 9.72. The Kier molecular flexibility index (Phi) is 7.48. The van der Waals surface area contributed by atoms with Crippen molar-refractivity contribution < 1.29 is 13.2 Å². The van der Waals surface area contributed by atoms with Crippen LogP contribution in [-0.2, 0) is 0 Å². The summed E-state index contributed by atoms with van der Waals surface area (Å²) in [7, 11) is 1.82. The van der Waals surface area contributed by atoms with Gasteiger partial charge >= 0.3 is 6.18 Å². The fraction of sp³-hybridized carbons (Fsp3) is 1.00. The molecule has 126 valence electrons. The van der Waals surface area contributed by atoms with Crippen LogP contribution in [0.5, 0.6) is 0 Å². The zero-order valence-electron chi connectivity index (χ0n) is 13.7. The van der Waals surface area contributed by atoms with Crippen molar-refractivity contribution in [3.8, 4) is 0 Å². The van der Waals surface area contributed by atoms with Crippen molar-refractivity contribution in [3.63, 3.8) is 0 Å². The van der Waals surface area contributed by atoms with Crippen LogP contribution >= 0.6 is 0 Å². The van der Waals surface area contributed by atoms with Gasteiger partial charge in [0.25, 0.3) is 0 Å². The van der Waals surface area contributed by atoms with E-state index in [0.717, 1.165) is 32.5 Å². The first-order valence-electron chi connectivity index (χ1n) is 8.18. The second-order valence-electron chi connectivity index (χ2n) is 7.19. The summed E-state index contributed by atoms with van der Waals surface area (Å²) in [4.78, 5) is 1.87. The molecule has 0 radical (unpaired) electrons. The van der Waals surface area contributed by atoms with Crippen LogP contribution in [0.15, 0.2) is 0 Å². The molecular formula is C16H31F3N2. The number of rotatable bonds is 8. The minimum absolute atomic E-state index is 0.107. The molecule has 0 aromatic carbocycles. The molecule has 0 atom stereocenters. The number of alkyl halides is 3. The van der Waals surface area contributed by atoms with Gasteiger partial charge in [-0.15, -0.1) is 0 Å². The molecule has 0 heterocycles. The fourth-order valence-electron chi connectivity index (χ4n) is 3.29. The van der Waals surface area contributed by atoms with Gasteiger partial charge in [-0.25, -0.2) is 0 Å². The van der Waals surface area contributed by atoms with E-state index in [1.54, 1.807) is 0 Å². The van der Waals surface area contributed by atoms with Gasteiger partial charge in [0.1, 0.15) is 0 Å². The Labute approximate surface area is 127 Å². The van der Waals surface area contributed by atoms with Crippen LogP contribution in [0.25, 0.3) is 0 Å². The summed E-state index contributed by atoms with van der Waals surface area (Å²) >= 11 is 0. The van der Waals surface area contributed by atoms with E-state index < -0.39 is 12.6 Å². The molecule has 1 N–H and O–H groups in total. The predicted molar refractivity (Wildman–Crippen MR) is 81.4 cm³/mol. The van der Waals surface area contributed by atoms with Crippen molar-refractivity contribution >= 4 is 0 Å². The Balaban J connectivity index is 2.48. The minimum Gasteiger partial charge on any atom is -0.316 e. The highest BCUT2D eigenvalue weighted by Crippen LogP contribution is 2.36. The number of halogens is 3. The smallest absolute Gasteiger partial charge is 0.316 e. The molecule has 0 amide bonds. The summed E-state index contributed by atoms with van der Waals surface area (Å²) in [5.74, 6) is 0.605. The lowest BCUT2D eigenvalue weighted by Crippen LogP contribution is -2.45. The normalized spacial score (nSPS) is 19.4. The van der Waals surface area contributed by atoms with E-state index in [1.807, 2.05) is 11.9 Å². The molecule has 5 heteroatoms. The Morgan fingerprint density at radius 2 is 1.76 bits per heavy atom. The molecule has 1 aliphatic carbocycles. The second kappa shape index (κ2) is 8.37. The Morgan fingerprint density at radius 3 is 2.29 bits per heavy atom. The molecule has 0 aromatic heterocycles. The molecule has 1 rings (SSSR count). The maximum Gasteiger partial charge on any atom is 0.390 e. The highest BCUT2D eigenvalue weighted by Gasteiger charge is 2.34. The van der Waals surface area contributed by atoms with Crippen LogP contribution in [-0.4, -0.2) is 44.3 Å². The third kappa shape index (κ3) is 8.05. The maximum atomic E-state index is 12.3. The van der Waals surface area contributed by atoms with Gasteiger partial charge in [-0.2, -0.15) is 13.2 Å². The van der Waals surface area contributed by atoms with E-state index in [9.17, 15) is 13.2 Å². The van der Waals surface area contributed by atoms with Crippen LogP contribution in [0.4, 0.5) is 13.2 Å². The van der Waals surface area contributed by atoms with Crippen molar-refractivity contribution in [2.75, 3.05) is 33.2 Å². The average Bonchev–Trinajstić information content (AvgIpc) is 2.36. The predicted octanol–water partition coefficient (Wildman–Crippen LogP) is 4.07. The Hall–Kier alpha value is -0.290. The lowest BCUT2D eigenvalue weighted by atomic mass is 9.73. The van der Waals surface area contributed by atoms with Crippen molar-refractivity contribution in [1.29, 1.82) is 0 Å². The molecule has 1 fully saturated rings. The number of nitrogens with one attached hydrogen (secondary N) is 1. The zero-order chi connectivity index (χ0) is 15.9. The van der Waals surface area contributed by atoms with E-state index >= 15 is 0 Å². The molecular weight excluding hydrogens is 277 g/mol.